The topological polar surface area (TPSA) is 137 Å². The molecule has 1 aromatic heterocycles. The Morgan fingerprint density at radius 2 is 2.09 bits per heavy atom. The van der Waals surface area contributed by atoms with Crippen LogP contribution in [0.25, 0.3) is 0 Å². The minimum absolute atomic E-state index is 0.110. The molecule has 2 aliphatic rings. The number of nitrogens with zero attached hydrogens (tertiary/aromatic N) is 4. The zero-order valence-corrected chi connectivity index (χ0v) is 20.2. The molecule has 3 rings (SSSR count). The highest BCUT2D eigenvalue weighted by atomic mass is 35.5. The molecule has 3 heterocycles. The number of halogens is 1. The normalized spacial score (nSPS) is 24.8. The standard InChI is InChI=1S/C21H35ClN8O3/c1-29(2)13-21(33-3)5-8-30(9-6-21)16-4-7-24-12-15(16)27-20(31)17(18(23)28-32)19-25-10-14(22)11-26-19/h4,7,12,14,17-19,25-26H,5-6,8-11,13,23H2,1-3H3,(H,27,31). The number of hydrogen-bond donors (Lipinski definition) is 4. The van der Waals surface area contributed by atoms with Crippen molar-refractivity contribution in [3.05, 3.63) is 23.4 Å². The molecular weight excluding hydrogens is 448 g/mol. The third kappa shape index (κ3) is 6.37. The predicted octanol–water partition coefficient (Wildman–Crippen LogP) is 0.361. The van der Waals surface area contributed by atoms with Gasteiger partial charge in [-0.1, -0.05) is 5.18 Å². The molecule has 33 heavy (non-hydrogen) atoms. The Hall–Kier alpha value is -1.89. The van der Waals surface area contributed by atoms with E-state index in [-0.39, 0.29) is 11.0 Å². The molecule has 1 amide bonds. The number of ether oxygens (including phenoxy) is 1. The first kappa shape index (κ1) is 25.7. The lowest BCUT2D eigenvalue weighted by Crippen LogP contribution is -2.62. The van der Waals surface area contributed by atoms with E-state index in [4.69, 9.17) is 22.1 Å². The number of nitroso groups, excluding NO2 is 1. The number of carbonyl (C=O) groups is 1. The quantitative estimate of drug-likeness (QED) is 0.290. The summed E-state index contributed by atoms with van der Waals surface area (Å²) < 4.78 is 5.89. The van der Waals surface area contributed by atoms with Crippen LogP contribution in [0.1, 0.15) is 12.8 Å². The molecule has 2 unspecified atom stereocenters. The van der Waals surface area contributed by atoms with Crippen molar-refractivity contribution in [2.75, 3.05) is 64.1 Å². The molecule has 2 saturated heterocycles. The van der Waals surface area contributed by atoms with Crippen molar-refractivity contribution in [3.63, 3.8) is 0 Å². The van der Waals surface area contributed by atoms with E-state index in [1.807, 2.05) is 20.2 Å². The largest absolute Gasteiger partial charge is 0.377 e. The summed E-state index contributed by atoms with van der Waals surface area (Å²) in [6.45, 7) is 3.38. The number of piperidine rings is 1. The molecule has 11 nitrogen and oxygen atoms in total. The van der Waals surface area contributed by atoms with E-state index >= 15 is 0 Å². The van der Waals surface area contributed by atoms with Gasteiger partial charge in [0.15, 0.2) is 6.17 Å². The Bertz CT molecular complexity index is 797. The average Bonchev–Trinajstić information content (AvgIpc) is 2.81. The molecule has 2 aliphatic heterocycles. The summed E-state index contributed by atoms with van der Waals surface area (Å²) in [5.74, 6) is -1.33. The predicted molar refractivity (Wildman–Crippen MR) is 129 cm³/mol. The molecule has 2 fully saturated rings. The highest BCUT2D eigenvalue weighted by molar-refractivity contribution is 6.21. The van der Waals surface area contributed by atoms with Gasteiger partial charge in [0, 0.05) is 46.0 Å². The maximum absolute atomic E-state index is 13.2. The molecule has 0 aromatic carbocycles. The number of aromatic nitrogens is 1. The number of anilines is 2. The van der Waals surface area contributed by atoms with Gasteiger partial charge in [0.05, 0.1) is 34.7 Å². The lowest BCUT2D eigenvalue weighted by Gasteiger charge is -2.43. The van der Waals surface area contributed by atoms with Crippen LogP contribution in [0.15, 0.2) is 23.6 Å². The van der Waals surface area contributed by atoms with E-state index < -0.39 is 24.2 Å². The Morgan fingerprint density at radius 1 is 1.42 bits per heavy atom. The van der Waals surface area contributed by atoms with E-state index in [1.165, 1.54) is 0 Å². The van der Waals surface area contributed by atoms with Crippen LogP contribution in [0.2, 0.25) is 0 Å². The van der Waals surface area contributed by atoms with Crippen LogP contribution >= 0.6 is 11.6 Å². The number of nitrogens with two attached hydrogens (primary N) is 1. The van der Waals surface area contributed by atoms with Gasteiger partial charge in [0.25, 0.3) is 0 Å². The fourth-order valence-corrected chi connectivity index (χ4v) is 4.79. The molecule has 184 valence electrons. The highest BCUT2D eigenvalue weighted by Gasteiger charge is 2.38. The van der Waals surface area contributed by atoms with Crippen LogP contribution in [0, 0.1) is 10.8 Å². The minimum Gasteiger partial charge on any atom is -0.377 e. The van der Waals surface area contributed by atoms with Gasteiger partial charge in [0.2, 0.25) is 5.91 Å². The molecule has 0 aliphatic carbocycles. The fraction of sp³-hybridized carbons (Fsp3) is 0.714. The number of methoxy groups -OCH3 is 1. The molecule has 12 heteroatoms. The summed E-state index contributed by atoms with van der Waals surface area (Å²) in [4.78, 5) is 33.0. The lowest BCUT2D eigenvalue weighted by molar-refractivity contribution is -0.121. The molecule has 0 bridgehead atoms. The summed E-state index contributed by atoms with van der Waals surface area (Å²) in [6, 6.07) is 1.88. The van der Waals surface area contributed by atoms with Crippen LogP contribution in [-0.4, -0.2) is 93.0 Å². The third-order valence-electron chi connectivity index (χ3n) is 6.38. The second kappa shape index (κ2) is 11.5. The maximum Gasteiger partial charge on any atom is 0.234 e. The first-order valence-electron chi connectivity index (χ1n) is 11.2. The number of carbonyl (C=O) groups excluding carboxylic acids is 1. The fourth-order valence-electron chi connectivity index (χ4n) is 4.61. The van der Waals surface area contributed by atoms with Gasteiger partial charge in [-0.3, -0.25) is 20.4 Å². The number of pyridine rings is 1. The number of hydrogen-bond acceptors (Lipinski definition) is 10. The van der Waals surface area contributed by atoms with Gasteiger partial charge in [-0.2, -0.15) is 0 Å². The van der Waals surface area contributed by atoms with E-state index in [1.54, 1.807) is 19.5 Å². The van der Waals surface area contributed by atoms with Gasteiger partial charge < -0.3 is 25.6 Å². The maximum atomic E-state index is 13.2. The number of alkyl halides is 1. The van der Waals surface area contributed by atoms with Gasteiger partial charge in [-0.05, 0) is 33.0 Å². The average molecular weight is 483 g/mol. The van der Waals surface area contributed by atoms with E-state index in [2.05, 4.69) is 35.9 Å². The molecule has 0 saturated carbocycles. The van der Waals surface area contributed by atoms with Crippen LogP contribution < -0.4 is 26.6 Å². The van der Waals surface area contributed by atoms with Gasteiger partial charge in [-0.15, -0.1) is 16.5 Å². The third-order valence-corrected chi connectivity index (χ3v) is 6.69. The Labute approximate surface area is 199 Å². The summed E-state index contributed by atoms with van der Waals surface area (Å²) in [7, 11) is 5.85. The number of amides is 1. The number of likely N-dealkylation sites (N-methyl/N-ethyl adjacent to an activating group) is 1. The Morgan fingerprint density at radius 3 is 2.67 bits per heavy atom. The smallest absolute Gasteiger partial charge is 0.234 e. The molecule has 2 atom stereocenters. The monoisotopic (exact) mass is 482 g/mol. The zero-order valence-electron chi connectivity index (χ0n) is 19.5. The molecule has 1 aromatic rings. The van der Waals surface area contributed by atoms with Crippen LogP contribution in [0.4, 0.5) is 11.4 Å². The number of nitrogens with one attached hydrogen (secondary N) is 3. The summed E-state index contributed by atoms with van der Waals surface area (Å²) in [5.41, 5.74) is 7.14. The SMILES string of the molecule is COC1(CN(C)C)CCN(c2ccncc2NC(=O)C(C(N)N=O)C2NCC(Cl)CN2)CC1. The van der Waals surface area contributed by atoms with E-state index in [9.17, 15) is 9.70 Å². The molecule has 0 spiro atoms. The van der Waals surface area contributed by atoms with Crippen LogP contribution in [-0.2, 0) is 9.53 Å². The first-order chi connectivity index (χ1) is 15.8. The molecule has 0 radical (unpaired) electrons. The first-order valence-corrected chi connectivity index (χ1v) is 11.6. The van der Waals surface area contributed by atoms with Crippen molar-refractivity contribution in [1.82, 2.24) is 20.5 Å². The summed E-state index contributed by atoms with van der Waals surface area (Å²) >= 11 is 6.11. The number of rotatable bonds is 9. The summed E-state index contributed by atoms with van der Waals surface area (Å²) in [5, 5.41) is 12.0. The Kier molecular flexibility index (Phi) is 8.96. The van der Waals surface area contributed by atoms with Crippen molar-refractivity contribution in [2.45, 2.75) is 36.2 Å². The van der Waals surface area contributed by atoms with Gasteiger partial charge >= 0.3 is 0 Å². The van der Waals surface area contributed by atoms with Gasteiger partial charge in [-0.25, -0.2) is 0 Å². The van der Waals surface area contributed by atoms with Crippen molar-refractivity contribution in [2.24, 2.45) is 16.8 Å². The van der Waals surface area contributed by atoms with E-state index in [0.717, 1.165) is 38.2 Å². The van der Waals surface area contributed by atoms with Crippen molar-refractivity contribution < 1.29 is 9.53 Å². The minimum atomic E-state index is -1.22. The second-order valence-electron chi connectivity index (χ2n) is 9.01. The molecular formula is C21H35ClN8O3. The van der Waals surface area contributed by atoms with Crippen LogP contribution in [0.5, 0.6) is 0 Å². The van der Waals surface area contributed by atoms with Crippen molar-refractivity contribution in [3.8, 4) is 0 Å². The van der Waals surface area contributed by atoms with Crippen molar-refractivity contribution in [1.29, 1.82) is 0 Å². The highest BCUT2D eigenvalue weighted by Crippen LogP contribution is 2.33. The lowest BCUT2D eigenvalue weighted by atomic mass is 9.90. The zero-order chi connectivity index (χ0) is 24.0. The Balaban J connectivity index is 1.73. The summed E-state index contributed by atoms with van der Waals surface area (Å²) in [6.07, 6.45) is 3.29. The molecule has 5 N–H and O–H groups in total. The second-order valence-corrected chi connectivity index (χ2v) is 9.62. The van der Waals surface area contributed by atoms with Crippen molar-refractivity contribution >= 4 is 28.9 Å². The van der Waals surface area contributed by atoms with Gasteiger partial charge in [0.1, 0.15) is 5.92 Å². The van der Waals surface area contributed by atoms with Crippen LogP contribution in [0.3, 0.4) is 0 Å². The van der Waals surface area contributed by atoms with E-state index in [0.29, 0.717) is 18.8 Å².